The van der Waals surface area contributed by atoms with Crippen molar-refractivity contribution in [3.05, 3.63) is 64.4 Å². The average Bonchev–Trinajstić information content (AvgIpc) is 2.57. The van der Waals surface area contributed by atoms with E-state index in [2.05, 4.69) is 10.3 Å². The number of rotatable bonds is 1. The van der Waals surface area contributed by atoms with E-state index in [1.807, 2.05) is 0 Å². The number of benzodiazepines with no additional fused rings is 1. The van der Waals surface area contributed by atoms with E-state index in [0.717, 1.165) is 0 Å². The van der Waals surface area contributed by atoms with Crippen LogP contribution < -0.4 is 11.1 Å². The highest BCUT2D eigenvalue weighted by molar-refractivity contribution is 6.31. The van der Waals surface area contributed by atoms with Gasteiger partial charge in [-0.15, -0.1) is 0 Å². The van der Waals surface area contributed by atoms with Crippen molar-refractivity contribution in [2.45, 2.75) is 6.17 Å². The summed E-state index contributed by atoms with van der Waals surface area (Å²) in [5, 5.41) is 3.10. The molecule has 1 atom stereocenters. The smallest absolute Gasteiger partial charge is 0.263 e. The molecule has 1 heterocycles. The van der Waals surface area contributed by atoms with Crippen molar-refractivity contribution in [2.75, 3.05) is 5.32 Å². The van der Waals surface area contributed by atoms with Gasteiger partial charge in [0.15, 0.2) is 6.17 Å². The van der Waals surface area contributed by atoms with Crippen LogP contribution in [0.1, 0.15) is 11.1 Å². The molecule has 0 aliphatic carbocycles. The van der Waals surface area contributed by atoms with Crippen molar-refractivity contribution in [1.29, 1.82) is 0 Å². The highest BCUT2D eigenvalue weighted by atomic mass is 35.5. The third kappa shape index (κ3) is 2.53. The zero-order chi connectivity index (χ0) is 15.0. The van der Waals surface area contributed by atoms with Gasteiger partial charge in [-0.3, -0.25) is 9.79 Å². The number of fused-ring (bicyclic) bond motifs is 1. The lowest BCUT2D eigenvalue weighted by Gasteiger charge is -2.10. The number of aliphatic imine (C=N–C) groups is 1. The second-order valence-electron chi connectivity index (χ2n) is 4.58. The Bertz CT molecular complexity index is 760. The molecule has 1 aliphatic heterocycles. The number of hydrogen-bond acceptors (Lipinski definition) is 3. The van der Waals surface area contributed by atoms with Gasteiger partial charge in [-0.2, -0.15) is 0 Å². The number of anilines is 1. The number of halogens is 2. The molecule has 2 aromatic rings. The lowest BCUT2D eigenvalue weighted by Crippen LogP contribution is -2.33. The molecule has 21 heavy (non-hydrogen) atoms. The summed E-state index contributed by atoms with van der Waals surface area (Å²) in [5.74, 6) is -0.899. The first-order chi connectivity index (χ1) is 10.1. The Kier molecular flexibility index (Phi) is 3.45. The summed E-state index contributed by atoms with van der Waals surface area (Å²) < 4.78 is 14.1. The summed E-state index contributed by atoms with van der Waals surface area (Å²) in [6, 6.07) is 11.1. The Morgan fingerprint density at radius 3 is 2.71 bits per heavy atom. The summed E-state index contributed by atoms with van der Waals surface area (Å²) in [7, 11) is 0. The molecule has 1 aliphatic rings. The van der Waals surface area contributed by atoms with Crippen molar-refractivity contribution >= 4 is 28.9 Å². The Morgan fingerprint density at radius 1 is 1.19 bits per heavy atom. The SMILES string of the molecule is NC1N=C(c2ccccc2F)c2ccc(Cl)cc2NC1=O. The topological polar surface area (TPSA) is 67.5 Å². The van der Waals surface area contributed by atoms with Gasteiger partial charge < -0.3 is 11.1 Å². The molecule has 0 spiro atoms. The lowest BCUT2D eigenvalue weighted by atomic mass is 10.00. The third-order valence-electron chi connectivity index (χ3n) is 3.16. The molecular formula is C15H11ClFN3O. The van der Waals surface area contributed by atoms with Gasteiger partial charge in [0.1, 0.15) is 5.82 Å². The van der Waals surface area contributed by atoms with Gasteiger partial charge in [0, 0.05) is 16.1 Å². The van der Waals surface area contributed by atoms with Gasteiger partial charge in [0.05, 0.1) is 11.4 Å². The Labute approximate surface area is 125 Å². The number of nitrogens with one attached hydrogen (secondary N) is 1. The predicted octanol–water partition coefficient (Wildman–Crippen LogP) is 2.55. The molecule has 0 fully saturated rings. The Morgan fingerprint density at radius 2 is 1.95 bits per heavy atom. The fraction of sp³-hybridized carbons (Fsp3) is 0.0667. The summed E-state index contributed by atoms with van der Waals surface area (Å²) in [6.07, 6.45) is -1.11. The van der Waals surface area contributed by atoms with Crippen LogP contribution in [-0.2, 0) is 4.79 Å². The van der Waals surface area contributed by atoms with E-state index < -0.39 is 17.9 Å². The minimum absolute atomic E-state index is 0.285. The van der Waals surface area contributed by atoms with E-state index in [1.165, 1.54) is 6.07 Å². The molecule has 106 valence electrons. The third-order valence-corrected chi connectivity index (χ3v) is 3.40. The maximum Gasteiger partial charge on any atom is 0.263 e. The van der Waals surface area contributed by atoms with Crippen LogP contribution in [0.4, 0.5) is 10.1 Å². The van der Waals surface area contributed by atoms with Crippen molar-refractivity contribution in [3.8, 4) is 0 Å². The van der Waals surface area contributed by atoms with E-state index in [4.69, 9.17) is 17.3 Å². The zero-order valence-corrected chi connectivity index (χ0v) is 11.6. The molecular weight excluding hydrogens is 293 g/mol. The van der Waals surface area contributed by atoms with E-state index in [9.17, 15) is 9.18 Å². The van der Waals surface area contributed by atoms with E-state index in [1.54, 1.807) is 36.4 Å². The van der Waals surface area contributed by atoms with Gasteiger partial charge in [0.2, 0.25) is 0 Å². The van der Waals surface area contributed by atoms with Gasteiger partial charge in [0.25, 0.3) is 5.91 Å². The highest BCUT2D eigenvalue weighted by Gasteiger charge is 2.24. The highest BCUT2D eigenvalue weighted by Crippen LogP contribution is 2.27. The molecule has 0 radical (unpaired) electrons. The van der Waals surface area contributed by atoms with E-state index >= 15 is 0 Å². The molecule has 1 amide bonds. The quantitative estimate of drug-likeness (QED) is 0.850. The van der Waals surface area contributed by atoms with Crippen LogP contribution in [0.25, 0.3) is 0 Å². The van der Waals surface area contributed by atoms with Crippen molar-refractivity contribution in [1.82, 2.24) is 0 Å². The van der Waals surface area contributed by atoms with E-state index in [-0.39, 0.29) is 5.56 Å². The lowest BCUT2D eigenvalue weighted by molar-refractivity contribution is -0.117. The zero-order valence-electron chi connectivity index (χ0n) is 10.8. The van der Waals surface area contributed by atoms with Crippen molar-refractivity contribution in [3.63, 3.8) is 0 Å². The van der Waals surface area contributed by atoms with Crippen LogP contribution in [0.5, 0.6) is 0 Å². The molecule has 3 rings (SSSR count). The number of nitrogens with zero attached hydrogens (tertiary/aromatic N) is 1. The average molecular weight is 304 g/mol. The van der Waals surface area contributed by atoms with Crippen molar-refractivity contribution < 1.29 is 9.18 Å². The number of amides is 1. The van der Waals surface area contributed by atoms with Gasteiger partial charge in [-0.05, 0) is 30.3 Å². The molecule has 4 nitrogen and oxygen atoms in total. The van der Waals surface area contributed by atoms with Crippen LogP contribution in [0.15, 0.2) is 47.5 Å². The normalized spacial score (nSPS) is 17.6. The molecule has 0 bridgehead atoms. The molecule has 1 unspecified atom stereocenters. The first-order valence-electron chi connectivity index (χ1n) is 6.25. The van der Waals surface area contributed by atoms with Crippen LogP contribution >= 0.6 is 11.6 Å². The molecule has 2 aromatic carbocycles. The second kappa shape index (κ2) is 5.27. The number of nitrogens with two attached hydrogens (primary N) is 1. The van der Waals surface area contributed by atoms with Gasteiger partial charge >= 0.3 is 0 Å². The monoisotopic (exact) mass is 303 g/mol. The maximum atomic E-state index is 14.1. The summed E-state index contributed by atoms with van der Waals surface area (Å²) >= 11 is 5.94. The largest absolute Gasteiger partial charge is 0.322 e. The Hall–Kier alpha value is -2.24. The molecule has 0 saturated heterocycles. The second-order valence-corrected chi connectivity index (χ2v) is 5.02. The number of carbonyl (C=O) groups is 1. The van der Waals surface area contributed by atoms with Crippen molar-refractivity contribution in [2.24, 2.45) is 10.7 Å². The first-order valence-corrected chi connectivity index (χ1v) is 6.63. The van der Waals surface area contributed by atoms with Gasteiger partial charge in [-0.1, -0.05) is 23.7 Å². The standard InChI is InChI=1S/C15H11ClFN3O/c16-8-5-6-10-12(7-8)19-15(21)14(18)20-13(10)9-3-1-2-4-11(9)17/h1-7,14H,18H2,(H,19,21). The fourth-order valence-corrected chi connectivity index (χ4v) is 2.34. The molecule has 0 saturated carbocycles. The van der Waals surface area contributed by atoms with Crippen LogP contribution in [0, 0.1) is 5.82 Å². The molecule has 3 N–H and O–H groups in total. The minimum Gasteiger partial charge on any atom is -0.322 e. The predicted molar refractivity (Wildman–Crippen MR) is 80.1 cm³/mol. The van der Waals surface area contributed by atoms with E-state index in [0.29, 0.717) is 22.0 Å². The first kappa shape index (κ1) is 13.7. The summed E-state index contributed by atoms with van der Waals surface area (Å²) in [4.78, 5) is 16.0. The van der Waals surface area contributed by atoms with Gasteiger partial charge in [-0.25, -0.2) is 4.39 Å². The molecule has 6 heteroatoms. The van der Waals surface area contributed by atoms with Crippen LogP contribution in [-0.4, -0.2) is 17.8 Å². The minimum atomic E-state index is -1.11. The number of hydrogen-bond donors (Lipinski definition) is 2. The number of carbonyl (C=O) groups excluding carboxylic acids is 1. The Balaban J connectivity index is 2.25. The maximum absolute atomic E-state index is 14.1. The summed E-state index contributed by atoms with van der Waals surface area (Å²) in [6.45, 7) is 0. The van der Waals surface area contributed by atoms with Crippen LogP contribution in [0.2, 0.25) is 5.02 Å². The summed E-state index contributed by atoms with van der Waals surface area (Å²) in [5.41, 5.74) is 7.36. The molecule has 0 aromatic heterocycles. The fourth-order valence-electron chi connectivity index (χ4n) is 2.17. The number of benzene rings is 2. The van der Waals surface area contributed by atoms with Crippen LogP contribution in [0.3, 0.4) is 0 Å².